The largest absolute Gasteiger partial charge is 0.378 e. The Labute approximate surface area is 183 Å². The summed E-state index contributed by atoms with van der Waals surface area (Å²) in [6, 6.07) is 7.47. The minimum absolute atomic E-state index is 0.190. The van der Waals surface area contributed by atoms with Crippen molar-refractivity contribution in [3.63, 3.8) is 0 Å². The van der Waals surface area contributed by atoms with Crippen LogP contribution in [0.15, 0.2) is 36.4 Å². The van der Waals surface area contributed by atoms with Gasteiger partial charge in [-0.1, -0.05) is 0 Å². The molecule has 0 radical (unpaired) electrons. The van der Waals surface area contributed by atoms with Crippen molar-refractivity contribution in [2.45, 2.75) is 12.8 Å². The number of morpholine rings is 1. The quantitative estimate of drug-likeness (QED) is 0.780. The van der Waals surface area contributed by atoms with Gasteiger partial charge in [0.05, 0.1) is 24.5 Å². The van der Waals surface area contributed by atoms with Gasteiger partial charge in [0.2, 0.25) is 5.91 Å². The summed E-state index contributed by atoms with van der Waals surface area (Å²) < 4.78 is 46.8. The second-order valence-corrected chi connectivity index (χ2v) is 7.95. The molecule has 2 saturated heterocycles. The van der Waals surface area contributed by atoms with E-state index >= 15 is 0 Å². The van der Waals surface area contributed by atoms with E-state index in [1.807, 2.05) is 4.90 Å². The second-order valence-electron chi connectivity index (χ2n) is 7.95. The number of carbonyl (C=O) groups is 2. The predicted octanol–water partition coefficient (Wildman–Crippen LogP) is 3.43. The van der Waals surface area contributed by atoms with Crippen molar-refractivity contribution in [1.29, 1.82) is 0 Å². The predicted molar refractivity (Wildman–Crippen MR) is 113 cm³/mol. The lowest BCUT2D eigenvalue weighted by Gasteiger charge is -2.31. The van der Waals surface area contributed by atoms with Gasteiger partial charge in [-0.2, -0.15) is 0 Å². The molecule has 0 unspecified atom stereocenters. The Morgan fingerprint density at radius 3 is 2.28 bits per heavy atom. The van der Waals surface area contributed by atoms with Crippen LogP contribution in [0.25, 0.3) is 0 Å². The number of ether oxygens (including phenoxy) is 1. The maximum atomic E-state index is 14.6. The zero-order valence-electron chi connectivity index (χ0n) is 17.5. The average molecular weight is 447 g/mol. The Balaban J connectivity index is 1.32. The van der Waals surface area contributed by atoms with Crippen molar-refractivity contribution < 1.29 is 27.5 Å². The summed E-state index contributed by atoms with van der Waals surface area (Å²) in [5, 5.41) is 2.75. The molecule has 2 aliphatic rings. The van der Waals surface area contributed by atoms with Crippen LogP contribution >= 0.6 is 0 Å². The first-order valence-electron chi connectivity index (χ1n) is 10.6. The third kappa shape index (κ3) is 4.88. The first kappa shape index (κ1) is 22.1. The molecule has 170 valence electrons. The number of anilines is 2. The summed E-state index contributed by atoms with van der Waals surface area (Å²) in [6.07, 6.45) is 0.795. The molecule has 2 fully saturated rings. The maximum Gasteiger partial charge on any atom is 0.256 e. The van der Waals surface area contributed by atoms with Gasteiger partial charge >= 0.3 is 0 Å². The lowest BCUT2D eigenvalue weighted by atomic mass is 9.95. The second kappa shape index (κ2) is 9.60. The first-order valence-corrected chi connectivity index (χ1v) is 10.6. The van der Waals surface area contributed by atoms with Gasteiger partial charge in [-0.3, -0.25) is 9.59 Å². The number of piperidine rings is 1. The van der Waals surface area contributed by atoms with E-state index in [2.05, 4.69) is 5.32 Å². The number of amides is 2. The van der Waals surface area contributed by atoms with Crippen molar-refractivity contribution in [1.82, 2.24) is 4.90 Å². The highest BCUT2D eigenvalue weighted by atomic mass is 19.1. The smallest absolute Gasteiger partial charge is 0.256 e. The van der Waals surface area contributed by atoms with Crippen molar-refractivity contribution >= 4 is 23.2 Å². The Kier molecular flexibility index (Phi) is 6.64. The van der Waals surface area contributed by atoms with E-state index in [-0.39, 0.29) is 30.5 Å². The van der Waals surface area contributed by atoms with Crippen LogP contribution in [0, 0.1) is 23.4 Å². The molecule has 2 aromatic carbocycles. The molecule has 1 N–H and O–H groups in total. The van der Waals surface area contributed by atoms with Crippen molar-refractivity contribution in [3.8, 4) is 0 Å². The van der Waals surface area contributed by atoms with Gasteiger partial charge in [0, 0.05) is 43.9 Å². The minimum atomic E-state index is -0.905. The fraction of sp³-hybridized carbons (Fsp3) is 0.391. The molecule has 2 aromatic rings. The summed E-state index contributed by atoms with van der Waals surface area (Å²) in [5.74, 6) is -3.18. The van der Waals surface area contributed by atoms with Gasteiger partial charge < -0.3 is 19.9 Å². The Morgan fingerprint density at radius 1 is 0.906 bits per heavy atom. The zero-order valence-corrected chi connectivity index (χ0v) is 17.5. The number of halogens is 3. The number of nitrogens with one attached hydrogen (secondary N) is 1. The van der Waals surface area contributed by atoms with E-state index < -0.39 is 23.4 Å². The molecule has 9 heteroatoms. The van der Waals surface area contributed by atoms with Crippen molar-refractivity contribution in [3.05, 3.63) is 59.4 Å². The van der Waals surface area contributed by atoms with Crippen LogP contribution in [-0.2, 0) is 9.53 Å². The molecule has 2 amide bonds. The number of likely N-dealkylation sites (tertiary alicyclic amines) is 1. The molecule has 2 aliphatic heterocycles. The zero-order chi connectivity index (χ0) is 22.7. The van der Waals surface area contributed by atoms with Gasteiger partial charge in [-0.15, -0.1) is 0 Å². The summed E-state index contributed by atoms with van der Waals surface area (Å²) in [4.78, 5) is 28.5. The lowest BCUT2D eigenvalue weighted by Crippen LogP contribution is -2.41. The van der Waals surface area contributed by atoms with Crippen molar-refractivity contribution in [2.24, 2.45) is 5.92 Å². The third-order valence-corrected chi connectivity index (χ3v) is 5.88. The third-order valence-electron chi connectivity index (χ3n) is 5.88. The summed E-state index contributed by atoms with van der Waals surface area (Å²) >= 11 is 0. The number of hydrogen-bond acceptors (Lipinski definition) is 4. The van der Waals surface area contributed by atoms with Gasteiger partial charge in [-0.05, 0) is 43.2 Å². The van der Waals surface area contributed by atoms with Crippen LogP contribution in [0.5, 0.6) is 0 Å². The van der Waals surface area contributed by atoms with Crippen LogP contribution in [-0.4, -0.2) is 56.1 Å². The Hall–Kier alpha value is -3.07. The summed E-state index contributed by atoms with van der Waals surface area (Å²) in [6.45, 7) is 2.87. The van der Waals surface area contributed by atoms with Gasteiger partial charge in [0.1, 0.15) is 17.5 Å². The monoisotopic (exact) mass is 447 g/mol. The van der Waals surface area contributed by atoms with E-state index in [0.717, 1.165) is 12.1 Å². The molecule has 0 bridgehead atoms. The Bertz CT molecular complexity index is 1000. The first-order chi connectivity index (χ1) is 15.4. The molecule has 4 rings (SSSR count). The molecule has 0 aromatic heterocycles. The van der Waals surface area contributed by atoms with Gasteiger partial charge in [0.25, 0.3) is 5.91 Å². The standard InChI is InChI=1S/C23H24F3N3O3/c24-16-1-3-18(19(25)13-16)23(31)29-7-5-15(6-8-29)22(30)27-17-2-4-21(20(26)14-17)28-9-11-32-12-10-28/h1-4,13-15H,5-12H2,(H,27,30). The van der Waals surface area contributed by atoms with E-state index in [9.17, 15) is 22.8 Å². The number of nitrogens with zero attached hydrogens (tertiary/aromatic N) is 2. The number of rotatable bonds is 4. The molecular formula is C23H24F3N3O3. The van der Waals surface area contributed by atoms with E-state index in [1.54, 1.807) is 12.1 Å². The van der Waals surface area contributed by atoms with Gasteiger partial charge in [0.15, 0.2) is 0 Å². The number of hydrogen-bond donors (Lipinski definition) is 1. The van der Waals surface area contributed by atoms with Crippen molar-refractivity contribution in [2.75, 3.05) is 49.6 Å². The summed E-state index contributed by atoms with van der Waals surface area (Å²) in [7, 11) is 0. The van der Waals surface area contributed by atoms with Crippen LogP contribution < -0.4 is 10.2 Å². The van der Waals surface area contributed by atoms with E-state index in [0.29, 0.717) is 56.6 Å². The van der Waals surface area contributed by atoms with E-state index in [1.165, 1.54) is 11.0 Å². The molecule has 32 heavy (non-hydrogen) atoms. The van der Waals surface area contributed by atoms with Crippen LogP contribution in [0.1, 0.15) is 23.2 Å². The molecule has 0 spiro atoms. The lowest BCUT2D eigenvalue weighted by molar-refractivity contribution is -0.121. The Morgan fingerprint density at radius 2 is 1.62 bits per heavy atom. The number of carbonyl (C=O) groups excluding carboxylic acids is 2. The van der Waals surface area contributed by atoms with Crippen LogP contribution in [0.4, 0.5) is 24.5 Å². The summed E-state index contributed by atoms with van der Waals surface area (Å²) in [5.41, 5.74) is 0.660. The van der Waals surface area contributed by atoms with E-state index in [4.69, 9.17) is 4.74 Å². The normalized spacial score (nSPS) is 17.3. The van der Waals surface area contributed by atoms with Crippen LogP contribution in [0.3, 0.4) is 0 Å². The topological polar surface area (TPSA) is 61.9 Å². The SMILES string of the molecule is O=C(Nc1ccc(N2CCOCC2)c(F)c1)C1CCN(C(=O)c2ccc(F)cc2F)CC1. The molecule has 2 heterocycles. The van der Waals surface area contributed by atoms with Crippen LogP contribution in [0.2, 0.25) is 0 Å². The fourth-order valence-electron chi connectivity index (χ4n) is 4.07. The molecule has 0 atom stereocenters. The maximum absolute atomic E-state index is 14.6. The average Bonchev–Trinajstić information content (AvgIpc) is 2.79. The number of benzene rings is 2. The highest BCUT2D eigenvalue weighted by Gasteiger charge is 2.29. The molecule has 0 aliphatic carbocycles. The molecule has 0 saturated carbocycles. The minimum Gasteiger partial charge on any atom is -0.378 e. The highest BCUT2D eigenvalue weighted by Crippen LogP contribution is 2.26. The fourth-order valence-corrected chi connectivity index (χ4v) is 4.07. The molecule has 6 nitrogen and oxygen atoms in total. The highest BCUT2D eigenvalue weighted by molar-refractivity contribution is 5.95. The van der Waals surface area contributed by atoms with Gasteiger partial charge in [-0.25, -0.2) is 13.2 Å². The molecular weight excluding hydrogens is 423 g/mol.